The number of cyclic esters (lactones) is 1. The zero-order valence-electron chi connectivity index (χ0n) is 38.1. The van der Waals surface area contributed by atoms with E-state index < -0.39 is 120 Å². The Morgan fingerprint density at radius 2 is 1.33 bits per heavy atom. The fourth-order valence-electron chi connectivity index (χ4n) is 10.9. The quantitative estimate of drug-likeness (QED) is 0.151. The number of carbonyl (C=O) groups excluding carboxylic acids is 3. The Kier molecular flexibility index (Phi) is 13.1. The van der Waals surface area contributed by atoms with Crippen LogP contribution in [0.5, 0.6) is 0 Å². The van der Waals surface area contributed by atoms with E-state index in [2.05, 4.69) is 0 Å². The fourth-order valence-corrected chi connectivity index (χ4v) is 10.9. The third-order valence-electron chi connectivity index (χ3n) is 15.5. The zero-order valence-corrected chi connectivity index (χ0v) is 38.1. The number of benzene rings is 1. The lowest BCUT2D eigenvalue weighted by Gasteiger charge is -2.52. The molecule has 7 heterocycles. The minimum absolute atomic E-state index is 0.154. The molecule has 7 aliphatic heterocycles. The summed E-state index contributed by atoms with van der Waals surface area (Å²) in [5.41, 5.74) is -1.34. The Hall–Kier alpha value is -2.93. The van der Waals surface area contributed by atoms with E-state index in [-0.39, 0.29) is 12.5 Å². The second-order valence-electron chi connectivity index (χ2n) is 20.5. The monoisotopic (exact) mass is 883 g/mol. The lowest BCUT2D eigenvalue weighted by atomic mass is 9.73. The summed E-state index contributed by atoms with van der Waals surface area (Å²) in [5, 5.41) is 23.6. The average Bonchev–Trinajstić information content (AvgIpc) is 3.87. The minimum atomic E-state index is -3.53. The van der Waals surface area contributed by atoms with Crippen LogP contribution in [0, 0.1) is 22.7 Å². The molecule has 0 aromatic heterocycles. The SMILES string of the molecule is C[C@@H]1CC[C@@H]2O[C@]13O[B-]14O[C@H]3C(=O)O[C@H]([C@@H](C)OC(=O)c3ccccc3)C/C=C\CC[C@H](O)C(C)(C)[C@@H]3CC[C@@H](C)[C@](O3)(O1)[C@@H](O4)C(=O)O[C@H]1C[C@@H](CCC[C@@H](O)C2(C)C)O[C@@H]1C. The van der Waals surface area contributed by atoms with Crippen LogP contribution in [0.1, 0.15) is 136 Å². The van der Waals surface area contributed by atoms with Crippen molar-refractivity contribution in [2.45, 2.75) is 205 Å². The summed E-state index contributed by atoms with van der Waals surface area (Å²) in [5.74, 6) is -7.03. The van der Waals surface area contributed by atoms with E-state index in [1.54, 1.807) is 37.3 Å². The number of carbonyl (C=O) groups is 3. The number of aliphatic hydroxyl groups excluding tert-OH is 2. The Labute approximate surface area is 371 Å². The van der Waals surface area contributed by atoms with Crippen LogP contribution in [0.4, 0.5) is 0 Å². The first-order valence-corrected chi connectivity index (χ1v) is 23.4. The van der Waals surface area contributed by atoms with Gasteiger partial charge in [-0.05, 0) is 83.8 Å². The number of aliphatic hydroxyl groups is 2. The van der Waals surface area contributed by atoms with Gasteiger partial charge < -0.3 is 57.3 Å². The molecular formula is C47H68BO15-. The van der Waals surface area contributed by atoms with Crippen LogP contribution in [-0.2, 0) is 56.6 Å². The predicted molar refractivity (Wildman–Crippen MR) is 226 cm³/mol. The highest BCUT2D eigenvalue weighted by Crippen LogP contribution is 2.57. The molecule has 3 spiro atoms. The van der Waals surface area contributed by atoms with Crippen molar-refractivity contribution in [1.82, 2.24) is 0 Å². The van der Waals surface area contributed by atoms with Gasteiger partial charge in [0.15, 0.2) is 23.8 Å². The first kappa shape index (κ1) is 46.6. The molecule has 16 atom stereocenters. The summed E-state index contributed by atoms with van der Waals surface area (Å²) in [6.45, 7) is 11.5. The van der Waals surface area contributed by atoms with Crippen molar-refractivity contribution < 1.29 is 71.6 Å². The number of hydrogen-bond acceptors (Lipinski definition) is 15. The van der Waals surface area contributed by atoms with Crippen molar-refractivity contribution in [3.8, 4) is 0 Å². The van der Waals surface area contributed by atoms with Crippen molar-refractivity contribution in [3.63, 3.8) is 0 Å². The Bertz CT molecular complexity index is 1860. The third-order valence-corrected chi connectivity index (χ3v) is 15.5. The molecule has 16 heteroatoms. The summed E-state index contributed by atoms with van der Waals surface area (Å²) in [6.07, 6.45) is -0.238. The molecule has 63 heavy (non-hydrogen) atoms. The van der Waals surface area contributed by atoms with Gasteiger partial charge in [0, 0.05) is 35.5 Å². The number of fused-ring (bicyclic) bond motifs is 6. The highest BCUT2D eigenvalue weighted by Gasteiger charge is 2.73. The van der Waals surface area contributed by atoms with Crippen LogP contribution < -0.4 is 0 Å². The van der Waals surface area contributed by atoms with Gasteiger partial charge in [0.25, 0.3) is 0 Å². The molecular weight excluding hydrogens is 815 g/mol. The van der Waals surface area contributed by atoms with Crippen LogP contribution in [-0.4, -0.2) is 114 Å². The van der Waals surface area contributed by atoms with Crippen molar-refractivity contribution in [3.05, 3.63) is 48.0 Å². The number of ether oxygens (including phenoxy) is 6. The smallest absolute Gasteiger partial charge is 0.504 e. The number of hydrogen-bond donors (Lipinski definition) is 2. The number of rotatable bonds is 3. The van der Waals surface area contributed by atoms with Gasteiger partial charge in [0.2, 0.25) is 0 Å². The van der Waals surface area contributed by atoms with Crippen molar-refractivity contribution in [2.24, 2.45) is 22.7 Å². The molecule has 2 N–H and O–H groups in total. The second-order valence-corrected chi connectivity index (χ2v) is 20.5. The van der Waals surface area contributed by atoms with Crippen LogP contribution in [0.15, 0.2) is 42.5 Å². The largest absolute Gasteiger partial charge is 0.536 e. The van der Waals surface area contributed by atoms with Gasteiger partial charge in [0.1, 0.15) is 18.3 Å². The van der Waals surface area contributed by atoms with Crippen molar-refractivity contribution >= 4 is 24.9 Å². The average molecular weight is 884 g/mol. The maximum Gasteiger partial charge on any atom is 0.536 e. The molecule has 0 saturated carbocycles. The Balaban J connectivity index is 1.24. The highest BCUT2D eigenvalue weighted by molar-refractivity contribution is 6.56. The summed E-state index contributed by atoms with van der Waals surface area (Å²) in [4.78, 5) is 43.2. The predicted octanol–water partition coefficient (Wildman–Crippen LogP) is 6.22. The van der Waals surface area contributed by atoms with Gasteiger partial charge in [-0.1, -0.05) is 71.9 Å². The molecule has 1 unspecified atom stereocenters. The summed E-state index contributed by atoms with van der Waals surface area (Å²) < 4.78 is 66.2. The van der Waals surface area contributed by atoms with Crippen LogP contribution >= 0.6 is 0 Å². The molecule has 350 valence electrons. The zero-order chi connectivity index (χ0) is 45.1. The molecule has 8 rings (SSSR count). The van der Waals surface area contributed by atoms with Gasteiger partial charge in [-0.2, -0.15) is 0 Å². The fraction of sp³-hybridized carbons (Fsp3) is 0.766. The van der Waals surface area contributed by atoms with Gasteiger partial charge in [-0.3, -0.25) is 0 Å². The van der Waals surface area contributed by atoms with E-state index in [1.165, 1.54) is 0 Å². The van der Waals surface area contributed by atoms with Crippen molar-refractivity contribution in [2.75, 3.05) is 0 Å². The van der Waals surface area contributed by atoms with Crippen LogP contribution in [0.2, 0.25) is 0 Å². The maximum atomic E-state index is 15.1. The lowest BCUT2D eigenvalue weighted by molar-refractivity contribution is -0.311. The van der Waals surface area contributed by atoms with E-state index in [0.717, 1.165) is 0 Å². The van der Waals surface area contributed by atoms with Gasteiger partial charge in [-0.25, -0.2) is 14.4 Å². The number of allylic oxidation sites excluding steroid dienone is 1. The first-order chi connectivity index (χ1) is 29.8. The summed E-state index contributed by atoms with van der Waals surface area (Å²) in [6, 6.07) is 8.54. The Morgan fingerprint density at radius 3 is 1.94 bits per heavy atom. The van der Waals surface area contributed by atoms with Crippen molar-refractivity contribution in [1.29, 1.82) is 0 Å². The normalized spacial score (nSPS) is 45.0. The molecule has 6 saturated heterocycles. The third kappa shape index (κ3) is 8.66. The molecule has 9 bridgehead atoms. The van der Waals surface area contributed by atoms with Crippen LogP contribution in [0.25, 0.3) is 0 Å². The molecule has 7 aliphatic rings. The molecule has 15 nitrogen and oxygen atoms in total. The second kappa shape index (κ2) is 17.7. The van der Waals surface area contributed by atoms with Gasteiger partial charge >= 0.3 is 24.9 Å². The van der Waals surface area contributed by atoms with E-state index in [4.69, 9.17) is 47.0 Å². The van der Waals surface area contributed by atoms with Gasteiger partial charge in [-0.15, -0.1) is 0 Å². The van der Waals surface area contributed by atoms with E-state index in [9.17, 15) is 19.8 Å². The minimum Gasteiger partial charge on any atom is -0.504 e. The standard InChI is InChI=1S/C47H68BO15/c1-27-23-25-38-45(7,8)36(50)21-15-18-32-26-34(30(4)54-32)57-43(53)40-47-28(2)22-24-37(58-47)44(5,6)35(49)20-14-10-13-19-33(29(3)55-41(51)31-16-11-9-12-17-31)56-42(52)39-46(27,59-38)62-48(60-39,61-40)63-47/h9-13,16-17,27-30,32-40,49-50H,14-15,18-26H2,1-8H3/q-1/b13-10-/t27-,28-,29-,30-,32-,33+,34+,35+,36-,37+,38+,39+,40+,46+,47+,48?/m1/s1. The molecule has 6 fully saturated rings. The van der Waals surface area contributed by atoms with Gasteiger partial charge in [0.05, 0.1) is 42.2 Å². The molecule has 1 aromatic rings. The number of esters is 3. The molecule has 1 aromatic carbocycles. The topological polar surface area (TPSA) is 184 Å². The van der Waals surface area contributed by atoms with E-state index in [0.29, 0.717) is 69.8 Å². The first-order valence-electron chi connectivity index (χ1n) is 23.4. The highest BCUT2D eigenvalue weighted by atomic mass is 17.0. The molecule has 0 radical (unpaired) electrons. The molecule has 0 amide bonds. The summed E-state index contributed by atoms with van der Waals surface area (Å²) in [7, 11) is 0. The lowest BCUT2D eigenvalue weighted by Crippen LogP contribution is -2.61. The Morgan fingerprint density at radius 1 is 0.762 bits per heavy atom. The summed E-state index contributed by atoms with van der Waals surface area (Å²) >= 11 is 0. The maximum absolute atomic E-state index is 15.1. The van der Waals surface area contributed by atoms with Crippen LogP contribution in [0.3, 0.4) is 0 Å². The van der Waals surface area contributed by atoms with E-state index >= 15 is 4.79 Å². The van der Waals surface area contributed by atoms with E-state index in [1.807, 2.05) is 60.6 Å². The molecule has 0 aliphatic carbocycles.